The molecule has 0 saturated carbocycles. The number of ketones is 1. The van der Waals surface area contributed by atoms with E-state index in [9.17, 15) is 4.79 Å². The first-order valence-electron chi connectivity index (χ1n) is 5.72. The molecule has 0 heterocycles. The zero-order valence-corrected chi connectivity index (χ0v) is 9.99. The summed E-state index contributed by atoms with van der Waals surface area (Å²) in [6, 6.07) is 7.57. The molecule has 88 valence electrons. The first kappa shape index (κ1) is 12.7. The molecule has 0 aliphatic heterocycles. The van der Waals surface area contributed by atoms with Gasteiger partial charge in [0.1, 0.15) is 0 Å². The van der Waals surface area contributed by atoms with Crippen LogP contribution in [0.1, 0.15) is 30.6 Å². The minimum Gasteiger partial charge on any atom is -0.385 e. The van der Waals surface area contributed by atoms with E-state index in [1.165, 1.54) is 0 Å². The molecular formula is C13H20N2O. The number of nitrogens with one attached hydrogen (secondary N) is 1. The number of anilines is 1. The Morgan fingerprint density at radius 1 is 1.50 bits per heavy atom. The van der Waals surface area contributed by atoms with Gasteiger partial charge in [-0.3, -0.25) is 4.79 Å². The second-order valence-electron chi connectivity index (χ2n) is 4.03. The van der Waals surface area contributed by atoms with Crippen molar-refractivity contribution in [2.45, 2.75) is 20.3 Å². The van der Waals surface area contributed by atoms with Gasteiger partial charge in [-0.15, -0.1) is 0 Å². The summed E-state index contributed by atoms with van der Waals surface area (Å²) in [5.41, 5.74) is 7.36. The summed E-state index contributed by atoms with van der Waals surface area (Å²) < 4.78 is 0. The number of carbonyl (C=O) groups is 1. The van der Waals surface area contributed by atoms with Crippen LogP contribution >= 0.6 is 0 Å². The minimum absolute atomic E-state index is 0.0921. The Balaban J connectivity index is 2.60. The van der Waals surface area contributed by atoms with Crippen molar-refractivity contribution >= 4 is 11.5 Å². The number of benzene rings is 1. The van der Waals surface area contributed by atoms with E-state index in [2.05, 4.69) is 12.2 Å². The van der Waals surface area contributed by atoms with Gasteiger partial charge in [0.2, 0.25) is 0 Å². The van der Waals surface area contributed by atoms with E-state index in [1.807, 2.05) is 24.3 Å². The Labute approximate surface area is 97.0 Å². The molecule has 0 bridgehead atoms. The van der Waals surface area contributed by atoms with Gasteiger partial charge in [-0.2, -0.15) is 0 Å². The molecule has 0 amide bonds. The fraction of sp³-hybridized carbons (Fsp3) is 0.462. The van der Waals surface area contributed by atoms with Gasteiger partial charge >= 0.3 is 0 Å². The second-order valence-corrected chi connectivity index (χ2v) is 4.03. The van der Waals surface area contributed by atoms with Gasteiger partial charge in [-0.25, -0.2) is 0 Å². The van der Waals surface area contributed by atoms with Crippen molar-refractivity contribution in [3.8, 4) is 0 Å². The standard InChI is InChI=1S/C13H20N2O/c1-3-11(8-14)9-15-13-6-4-5-12(7-13)10(2)16/h4-7,11,15H,3,8-9,14H2,1-2H3. The van der Waals surface area contributed by atoms with E-state index in [0.717, 1.165) is 24.2 Å². The van der Waals surface area contributed by atoms with Crippen LogP contribution in [0.4, 0.5) is 5.69 Å². The molecule has 0 fully saturated rings. The summed E-state index contributed by atoms with van der Waals surface area (Å²) in [4.78, 5) is 11.2. The largest absolute Gasteiger partial charge is 0.385 e. The topological polar surface area (TPSA) is 55.1 Å². The van der Waals surface area contributed by atoms with Crippen LogP contribution in [-0.2, 0) is 0 Å². The molecular weight excluding hydrogens is 200 g/mol. The van der Waals surface area contributed by atoms with Crippen molar-refractivity contribution in [2.24, 2.45) is 11.7 Å². The highest BCUT2D eigenvalue weighted by atomic mass is 16.1. The van der Waals surface area contributed by atoms with Gasteiger partial charge in [0.05, 0.1) is 0 Å². The summed E-state index contributed by atoms with van der Waals surface area (Å²) in [5, 5.41) is 3.31. The van der Waals surface area contributed by atoms with Crippen LogP contribution in [0.2, 0.25) is 0 Å². The third kappa shape index (κ3) is 3.66. The molecule has 1 rings (SSSR count). The molecule has 3 nitrogen and oxygen atoms in total. The maximum absolute atomic E-state index is 11.2. The van der Waals surface area contributed by atoms with Crippen molar-refractivity contribution in [1.82, 2.24) is 0 Å². The fourth-order valence-electron chi connectivity index (χ4n) is 1.50. The van der Waals surface area contributed by atoms with Gasteiger partial charge in [-0.1, -0.05) is 25.5 Å². The van der Waals surface area contributed by atoms with Crippen LogP contribution in [0.3, 0.4) is 0 Å². The molecule has 1 unspecified atom stereocenters. The molecule has 3 N–H and O–H groups in total. The van der Waals surface area contributed by atoms with Crippen molar-refractivity contribution < 1.29 is 4.79 Å². The lowest BCUT2D eigenvalue weighted by molar-refractivity contribution is 0.101. The van der Waals surface area contributed by atoms with Gasteiger partial charge in [0.15, 0.2) is 5.78 Å². The van der Waals surface area contributed by atoms with E-state index >= 15 is 0 Å². The second kappa shape index (κ2) is 6.28. The maximum atomic E-state index is 11.2. The number of carbonyl (C=O) groups excluding carboxylic acids is 1. The summed E-state index contributed by atoms with van der Waals surface area (Å²) in [6.45, 7) is 5.25. The molecule has 0 aromatic heterocycles. The normalized spacial score (nSPS) is 12.2. The minimum atomic E-state index is 0.0921. The van der Waals surface area contributed by atoms with Gasteiger partial charge in [-0.05, 0) is 31.5 Å². The molecule has 1 atom stereocenters. The van der Waals surface area contributed by atoms with Crippen molar-refractivity contribution in [3.63, 3.8) is 0 Å². The van der Waals surface area contributed by atoms with E-state index < -0.39 is 0 Å². The third-order valence-corrected chi connectivity index (χ3v) is 2.77. The summed E-state index contributed by atoms with van der Waals surface area (Å²) >= 11 is 0. The highest BCUT2D eigenvalue weighted by Crippen LogP contribution is 2.12. The Kier molecular flexibility index (Phi) is 4.99. The summed E-state index contributed by atoms with van der Waals surface area (Å²) in [7, 11) is 0. The van der Waals surface area contributed by atoms with E-state index in [0.29, 0.717) is 12.5 Å². The molecule has 1 aromatic carbocycles. The van der Waals surface area contributed by atoms with Crippen LogP contribution in [0.25, 0.3) is 0 Å². The zero-order chi connectivity index (χ0) is 12.0. The van der Waals surface area contributed by atoms with Crippen LogP contribution < -0.4 is 11.1 Å². The Morgan fingerprint density at radius 3 is 2.81 bits per heavy atom. The number of nitrogens with two attached hydrogens (primary N) is 1. The van der Waals surface area contributed by atoms with Crippen molar-refractivity contribution in [1.29, 1.82) is 0 Å². The number of hydrogen-bond acceptors (Lipinski definition) is 3. The van der Waals surface area contributed by atoms with E-state index in [4.69, 9.17) is 5.73 Å². The lowest BCUT2D eigenvalue weighted by atomic mass is 10.1. The van der Waals surface area contributed by atoms with Gasteiger partial charge < -0.3 is 11.1 Å². The Morgan fingerprint density at radius 2 is 2.25 bits per heavy atom. The molecule has 1 aromatic rings. The third-order valence-electron chi connectivity index (χ3n) is 2.77. The van der Waals surface area contributed by atoms with Crippen molar-refractivity contribution in [2.75, 3.05) is 18.4 Å². The Hall–Kier alpha value is -1.35. The first-order chi connectivity index (χ1) is 7.67. The maximum Gasteiger partial charge on any atom is 0.159 e. The van der Waals surface area contributed by atoms with Crippen LogP contribution in [0.5, 0.6) is 0 Å². The predicted octanol–water partition coefficient (Wildman–Crippen LogP) is 2.29. The van der Waals surface area contributed by atoms with Crippen molar-refractivity contribution in [3.05, 3.63) is 29.8 Å². The summed E-state index contributed by atoms with van der Waals surface area (Å²) in [6.07, 6.45) is 1.07. The fourth-order valence-corrected chi connectivity index (χ4v) is 1.50. The number of hydrogen-bond donors (Lipinski definition) is 2. The quantitative estimate of drug-likeness (QED) is 0.723. The average Bonchev–Trinajstić information content (AvgIpc) is 2.31. The highest BCUT2D eigenvalue weighted by Gasteiger charge is 2.04. The SMILES string of the molecule is CCC(CN)CNc1cccc(C(C)=O)c1. The molecule has 0 aliphatic rings. The van der Waals surface area contributed by atoms with Crippen LogP contribution in [0.15, 0.2) is 24.3 Å². The molecule has 0 spiro atoms. The Bertz CT molecular complexity index is 346. The van der Waals surface area contributed by atoms with Crippen LogP contribution in [-0.4, -0.2) is 18.9 Å². The lowest BCUT2D eigenvalue weighted by Crippen LogP contribution is -2.22. The first-order valence-corrected chi connectivity index (χ1v) is 5.72. The molecule has 0 aliphatic carbocycles. The zero-order valence-electron chi connectivity index (χ0n) is 9.99. The smallest absolute Gasteiger partial charge is 0.159 e. The number of Topliss-reactive ketones (excluding diaryl/α,β-unsaturated/α-hetero) is 1. The molecule has 3 heteroatoms. The number of rotatable bonds is 6. The van der Waals surface area contributed by atoms with Gasteiger partial charge in [0, 0.05) is 17.8 Å². The lowest BCUT2D eigenvalue weighted by Gasteiger charge is -2.14. The average molecular weight is 220 g/mol. The highest BCUT2D eigenvalue weighted by molar-refractivity contribution is 5.94. The molecule has 16 heavy (non-hydrogen) atoms. The molecule has 0 saturated heterocycles. The molecule has 0 radical (unpaired) electrons. The monoisotopic (exact) mass is 220 g/mol. The van der Waals surface area contributed by atoms with E-state index in [-0.39, 0.29) is 5.78 Å². The summed E-state index contributed by atoms with van der Waals surface area (Å²) in [5.74, 6) is 0.579. The van der Waals surface area contributed by atoms with E-state index in [1.54, 1.807) is 6.92 Å². The predicted molar refractivity (Wildman–Crippen MR) is 67.8 cm³/mol. The van der Waals surface area contributed by atoms with Crippen LogP contribution in [0, 0.1) is 5.92 Å². The van der Waals surface area contributed by atoms with Gasteiger partial charge in [0.25, 0.3) is 0 Å².